The first kappa shape index (κ1) is 16.1. The predicted octanol–water partition coefficient (Wildman–Crippen LogP) is 3.39. The Bertz CT molecular complexity index is 768. The van der Waals surface area contributed by atoms with Crippen LogP contribution in [0, 0.1) is 5.82 Å². The number of ether oxygens (including phenoxy) is 1. The van der Waals surface area contributed by atoms with Crippen molar-refractivity contribution in [3.63, 3.8) is 0 Å². The van der Waals surface area contributed by atoms with Crippen LogP contribution in [0.4, 0.5) is 4.39 Å². The van der Waals surface area contributed by atoms with E-state index in [-0.39, 0.29) is 18.3 Å². The molecule has 1 fully saturated rings. The molecule has 1 aromatic carbocycles. The van der Waals surface area contributed by atoms with E-state index < -0.39 is 0 Å². The summed E-state index contributed by atoms with van der Waals surface area (Å²) in [5.41, 5.74) is 1.33. The van der Waals surface area contributed by atoms with Crippen LogP contribution in [0.2, 0.25) is 0 Å². The average Bonchev–Trinajstić information content (AvgIpc) is 3.05. The first-order valence-electron chi connectivity index (χ1n) is 8.97. The third-order valence-electron chi connectivity index (χ3n) is 5.06. The van der Waals surface area contributed by atoms with E-state index in [0.717, 1.165) is 25.9 Å². The fourth-order valence-corrected chi connectivity index (χ4v) is 3.79. The summed E-state index contributed by atoms with van der Waals surface area (Å²) in [6.07, 6.45) is 5.91. The van der Waals surface area contributed by atoms with Gasteiger partial charge in [-0.2, -0.15) is 5.10 Å². The van der Waals surface area contributed by atoms with E-state index in [1.54, 1.807) is 22.9 Å². The Hall–Kier alpha value is -2.37. The van der Waals surface area contributed by atoms with E-state index in [9.17, 15) is 9.18 Å². The van der Waals surface area contributed by atoms with Crippen molar-refractivity contribution >= 4 is 5.91 Å². The van der Waals surface area contributed by atoms with Crippen LogP contribution >= 0.6 is 0 Å². The Balaban J connectivity index is 1.45. The van der Waals surface area contributed by atoms with Gasteiger partial charge in [-0.3, -0.25) is 9.48 Å². The van der Waals surface area contributed by atoms with Crippen LogP contribution < -0.4 is 4.74 Å². The zero-order valence-corrected chi connectivity index (χ0v) is 14.2. The molecule has 6 heteroatoms. The number of aromatic nitrogens is 2. The number of halogens is 1. The Morgan fingerprint density at radius 2 is 2.00 bits per heavy atom. The first-order chi connectivity index (χ1) is 12.2. The number of carbonyl (C=O) groups is 1. The summed E-state index contributed by atoms with van der Waals surface area (Å²) in [5.74, 6) is 0.198. The molecule has 0 unspecified atom stereocenters. The molecule has 1 aromatic heterocycles. The Labute approximate surface area is 146 Å². The highest BCUT2D eigenvalue weighted by atomic mass is 19.1. The second kappa shape index (κ2) is 6.86. The number of rotatable bonds is 4. The smallest absolute Gasteiger partial charge is 0.272 e. The molecule has 2 aliphatic rings. The van der Waals surface area contributed by atoms with E-state index in [1.165, 1.54) is 31.4 Å². The summed E-state index contributed by atoms with van der Waals surface area (Å²) in [7, 11) is 0. The molecule has 0 bridgehead atoms. The topological polar surface area (TPSA) is 47.4 Å². The number of hydrogen-bond donors (Lipinski definition) is 0. The maximum absolute atomic E-state index is 13.2. The van der Waals surface area contributed by atoms with Gasteiger partial charge in [-0.1, -0.05) is 25.3 Å². The van der Waals surface area contributed by atoms with Gasteiger partial charge in [0.15, 0.2) is 0 Å². The summed E-state index contributed by atoms with van der Waals surface area (Å²) in [4.78, 5) is 14.8. The number of carbonyl (C=O) groups excluding carboxylic acids is 1. The molecule has 0 atom stereocenters. The SMILES string of the molecule is O=C1c2cc(COc3cccc(F)c3)nn2CCN1C1CCCCC1. The molecule has 1 aliphatic carbocycles. The van der Waals surface area contributed by atoms with E-state index in [1.807, 2.05) is 4.90 Å². The Morgan fingerprint density at radius 1 is 1.16 bits per heavy atom. The highest BCUT2D eigenvalue weighted by Gasteiger charge is 2.32. The number of nitrogens with zero attached hydrogens (tertiary/aromatic N) is 3. The van der Waals surface area contributed by atoms with Gasteiger partial charge in [0.1, 0.15) is 29.6 Å². The second-order valence-electron chi connectivity index (χ2n) is 6.78. The zero-order chi connectivity index (χ0) is 17.2. The van der Waals surface area contributed by atoms with E-state index in [2.05, 4.69) is 5.10 Å². The van der Waals surface area contributed by atoms with Gasteiger partial charge in [0.2, 0.25) is 0 Å². The summed E-state index contributed by atoms with van der Waals surface area (Å²) < 4.78 is 20.6. The zero-order valence-electron chi connectivity index (χ0n) is 14.2. The van der Waals surface area contributed by atoms with Gasteiger partial charge in [0.05, 0.1) is 6.54 Å². The lowest BCUT2D eigenvalue weighted by Gasteiger charge is -2.36. The van der Waals surface area contributed by atoms with Crippen molar-refractivity contribution in [1.82, 2.24) is 14.7 Å². The van der Waals surface area contributed by atoms with Crippen molar-refractivity contribution in [1.29, 1.82) is 0 Å². The van der Waals surface area contributed by atoms with Gasteiger partial charge in [-0.05, 0) is 31.0 Å². The lowest BCUT2D eigenvalue weighted by Crippen LogP contribution is -2.47. The van der Waals surface area contributed by atoms with E-state index >= 15 is 0 Å². The Kier molecular flexibility index (Phi) is 4.42. The van der Waals surface area contributed by atoms with Crippen LogP contribution in [0.3, 0.4) is 0 Å². The molecule has 0 saturated heterocycles. The molecule has 1 aliphatic heterocycles. The maximum atomic E-state index is 13.2. The monoisotopic (exact) mass is 343 g/mol. The van der Waals surface area contributed by atoms with Crippen LogP contribution in [0.5, 0.6) is 5.75 Å². The van der Waals surface area contributed by atoms with Crippen LogP contribution in [-0.2, 0) is 13.2 Å². The fraction of sp³-hybridized carbons (Fsp3) is 0.474. The lowest BCUT2D eigenvalue weighted by atomic mass is 9.93. The summed E-state index contributed by atoms with van der Waals surface area (Å²) in [6.45, 7) is 1.67. The normalized spacial score (nSPS) is 18.3. The van der Waals surface area contributed by atoms with Crippen LogP contribution in [-0.4, -0.2) is 33.2 Å². The van der Waals surface area contributed by atoms with Crippen molar-refractivity contribution in [3.8, 4) is 5.75 Å². The van der Waals surface area contributed by atoms with Gasteiger partial charge in [0, 0.05) is 18.7 Å². The highest BCUT2D eigenvalue weighted by Crippen LogP contribution is 2.26. The molecule has 0 N–H and O–H groups in total. The number of hydrogen-bond acceptors (Lipinski definition) is 3. The minimum atomic E-state index is -0.333. The maximum Gasteiger partial charge on any atom is 0.272 e. The van der Waals surface area contributed by atoms with Crippen molar-refractivity contribution in [3.05, 3.63) is 47.5 Å². The lowest BCUT2D eigenvalue weighted by molar-refractivity contribution is 0.0563. The fourth-order valence-electron chi connectivity index (χ4n) is 3.79. The average molecular weight is 343 g/mol. The van der Waals surface area contributed by atoms with Gasteiger partial charge in [0.25, 0.3) is 5.91 Å². The van der Waals surface area contributed by atoms with Crippen molar-refractivity contribution < 1.29 is 13.9 Å². The minimum absolute atomic E-state index is 0.0719. The van der Waals surface area contributed by atoms with Gasteiger partial charge < -0.3 is 9.64 Å². The molecule has 0 radical (unpaired) electrons. The van der Waals surface area contributed by atoms with E-state index in [0.29, 0.717) is 23.2 Å². The standard InChI is InChI=1S/C19H22FN3O2/c20-14-5-4-8-17(11-14)25-13-15-12-18-19(24)22(9-10-23(18)21-15)16-6-2-1-3-7-16/h4-5,8,11-12,16H,1-3,6-7,9-10,13H2. The quantitative estimate of drug-likeness (QED) is 0.855. The first-order valence-corrected chi connectivity index (χ1v) is 8.97. The third-order valence-corrected chi connectivity index (χ3v) is 5.06. The van der Waals surface area contributed by atoms with Gasteiger partial charge in [-0.25, -0.2) is 4.39 Å². The summed E-state index contributed by atoms with van der Waals surface area (Å²) in [6, 6.07) is 8.20. The van der Waals surface area contributed by atoms with Crippen LogP contribution in [0.1, 0.15) is 48.3 Å². The van der Waals surface area contributed by atoms with Crippen molar-refractivity contribution in [2.24, 2.45) is 0 Å². The summed E-state index contributed by atoms with van der Waals surface area (Å²) in [5, 5.41) is 4.47. The minimum Gasteiger partial charge on any atom is -0.487 e. The molecule has 132 valence electrons. The largest absolute Gasteiger partial charge is 0.487 e. The molecular weight excluding hydrogens is 321 g/mol. The number of benzene rings is 1. The molecule has 1 saturated carbocycles. The second-order valence-corrected chi connectivity index (χ2v) is 6.78. The molecule has 5 nitrogen and oxygen atoms in total. The van der Waals surface area contributed by atoms with Gasteiger partial charge in [-0.15, -0.1) is 0 Å². The van der Waals surface area contributed by atoms with Crippen molar-refractivity contribution in [2.45, 2.75) is 51.3 Å². The predicted molar refractivity (Wildman–Crippen MR) is 90.9 cm³/mol. The number of amides is 1. The van der Waals surface area contributed by atoms with Gasteiger partial charge >= 0.3 is 0 Å². The molecule has 0 spiro atoms. The van der Waals surface area contributed by atoms with E-state index in [4.69, 9.17) is 4.74 Å². The van der Waals surface area contributed by atoms with Crippen LogP contribution in [0.25, 0.3) is 0 Å². The summed E-state index contributed by atoms with van der Waals surface area (Å²) >= 11 is 0. The van der Waals surface area contributed by atoms with Crippen molar-refractivity contribution in [2.75, 3.05) is 6.54 Å². The molecule has 25 heavy (non-hydrogen) atoms. The Morgan fingerprint density at radius 3 is 2.80 bits per heavy atom. The molecular formula is C19H22FN3O2. The molecule has 1 amide bonds. The highest BCUT2D eigenvalue weighted by molar-refractivity contribution is 5.93. The molecule has 2 aromatic rings. The third kappa shape index (κ3) is 3.38. The van der Waals surface area contributed by atoms with Crippen LogP contribution in [0.15, 0.2) is 30.3 Å². The number of fused-ring (bicyclic) bond motifs is 1. The molecule has 4 rings (SSSR count). The molecule has 2 heterocycles.